The monoisotopic (exact) mass is 520 g/mol. The van der Waals surface area contributed by atoms with Crippen molar-refractivity contribution in [2.24, 2.45) is 10.7 Å². The molecule has 1 aromatic carbocycles. The molecule has 0 saturated carbocycles. The maximum atomic E-state index is 5.89. The van der Waals surface area contributed by atoms with Gasteiger partial charge in [-0.25, -0.2) is 0 Å². The number of aliphatic imine (C=N–C) groups is 1. The molecule has 0 amide bonds. The maximum absolute atomic E-state index is 5.89. The van der Waals surface area contributed by atoms with Crippen molar-refractivity contribution >= 4 is 41.5 Å². The first-order valence-electron chi connectivity index (χ1n) is 9.13. The number of guanidine groups is 1. The maximum Gasteiger partial charge on any atom is 0.228 e. The van der Waals surface area contributed by atoms with Crippen LogP contribution in [0.4, 0.5) is 0 Å². The largest absolute Gasteiger partial charge is 0.379 e. The number of rotatable bonds is 8. The smallest absolute Gasteiger partial charge is 0.228 e. The van der Waals surface area contributed by atoms with Crippen molar-refractivity contribution in [3.05, 3.63) is 35.2 Å². The Bertz CT molecular complexity index is 734. The fourth-order valence-electron chi connectivity index (χ4n) is 2.74. The lowest BCUT2D eigenvalue weighted by atomic mass is 10.2. The van der Waals surface area contributed by atoms with Crippen LogP contribution in [-0.2, 0) is 11.2 Å². The van der Waals surface area contributed by atoms with Gasteiger partial charge in [0.05, 0.1) is 13.2 Å². The minimum Gasteiger partial charge on any atom is -0.379 e. The van der Waals surface area contributed by atoms with Gasteiger partial charge in [-0.3, -0.25) is 9.89 Å². The van der Waals surface area contributed by atoms with Gasteiger partial charge in [-0.15, -0.1) is 24.0 Å². The summed E-state index contributed by atoms with van der Waals surface area (Å²) in [5.41, 5.74) is 6.76. The van der Waals surface area contributed by atoms with Crippen molar-refractivity contribution in [2.45, 2.75) is 12.8 Å². The second-order valence-corrected chi connectivity index (χ2v) is 6.71. The van der Waals surface area contributed by atoms with Gasteiger partial charge in [0, 0.05) is 49.7 Å². The molecule has 0 radical (unpaired) electrons. The number of nitrogens with one attached hydrogen (secondary N) is 1. The number of nitrogens with zero attached hydrogens (tertiary/aromatic N) is 4. The average Bonchev–Trinajstić information content (AvgIpc) is 3.15. The van der Waals surface area contributed by atoms with Gasteiger partial charge in [0.25, 0.3) is 0 Å². The average molecular weight is 521 g/mol. The van der Waals surface area contributed by atoms with E-state index in [2.05, 4.69) is 25.3 Å². The van der Waals surface area contributed by atoms with Crippen LogP contribution in [0.1, 0.15) is 12.3 Å². The van der Waals surface area contributed by atoms with Gasteiger partial charge in [0.2, 0.25) is 11.7 Å². The predicted octanol–water partition coefficient (Wildman–Crippen LogP) is 2.18. The van der Waals surface area contributed by atoms with E-state index < -0.39 is 0 Å². The van der Waals surface area contributed by atoms with Gasteiger partial charge in [0.1, 0.15) is 0 Å². The molecule has 0 atom stereocenters. The van der Waals surface area contributed by atoms with Gasteiger partial charge in [0.15, 0.2) is 5.96 Å². The van der Waals surface area contributed by atoms with Crippen LogP contribution in [0.3, 0.4) is 0 Å². The van der Waals surface area contributed by atoms with Gasteiger partial charge in [-0.2, -0.15) is 4.98 Å². The summed E-state index contributed by atoms with van der Waals surface area (Å²) in [7, 11) is 0. The second kappa shape index (κ2) is 12.2. The molecular weight excluding hydrogens is 495 g/mol. The number of ether oxygens (including phenoxy) is 1. The lowest BCUT2D eigenvalue weighted by molar-refractivity contribution is 0.0377. The molecule has 10 heteroatoms. The van der Waals surface area contributed by atoms with E-state index in [9.17, 15) is 0 Å². The molecule has 0 unspecified atom stereocenters. The van der Waals surface area contributed by atoms with E-state index in [0.717, 1.165) is 44.8 Å². The van der Waals surface area contributed by atoms with E-state index in [0.29, 0.717) is 42.2 Å². The highest BCUT2D eigenvalue weighted by Crippen LogP contribution is 2.18. The topological polar surface area (TPSA) is 102 Å². The first kappa shape index (κ1) is 22.9. The molecular formula is C18H26ClIN6O2. The molecule has 2 heterocycles. The molecule has 154 valence electrons. The number of morpholine rings is 1. The van der Waals surface area contributed by atoms with Crippen molar-refractivity contribution in [3.8, 4) is 11.4 Å². The molecule has 1 fully saturated rings. The van der Waals surface area contributed by atoms with Crippen LogP contribution in [0, 0.1) is 0 Å². The number of hydrogen-bond donors (Lipinski definition) is 2. The Hall–Kier alpha value is -1.43. The zero-order valence-corrected chi connectivity index (χ0v) is 18.7. The van der Waals surface area contributed by atoms with Gasteiger partial charge < -0.3 is 20.3 Å². The third-order valence-corrected chi connectivity index (χ3v) is 4.49. The van der Waals surface area contributed by atoms with Crippen LogP contribution >= 0.6 is 35.6 Å². The minimum absolute atomic E-state index is 0. The highest BCUT2D eigenvalue weighted by Gasteiger charge is 2.10. The van der Waals surface area contributed by atoms with Crippen molar-refractivity contribution in [1.82, 2.24) is 20.4 Å². The zero-order chi connectivity index (χ0) is 18.9. The summed E-state index contributed by atoms with van der Waals surface area (Å²) in [6, 6.07) is 7.31. The molecule has 0 aliphatic carbocycles. The van der Waals surface area contributed by atoms with Crippen LogP contribution in [0.2, 0.25) is 5.02 Å². The van der Waals surface area contributed by atoms with Crippen molar-refractivity contribution in [1.29, 1.82) is 0 Å². The van der Waals surface area contributed by atoms with Gasteiger partial charge in [-0.1, -0.05) is 16.8 Å². The molecule has 3 N–H and O–H groups in total. The van der Waals surface area contributed by atoms with E-state index in [1.54, 1.807) is 12.1 Å². The summed E-state index contributed by atoms with van der Waals surface area (Å²) in [4.78, 5) is 11.1. The van der Waals surface area contributed by atoms with E-state index in [1.807, 2.05) is 12.1 Å². The summed E-state index contributed by atoms with van der Waals surface area (Å²) in [5.74, 6) is 1.54. The van der Waals surface area contributed by atoms with Crippen LogP contribution in [0.25, 0.3) is 11.4 Å². The van der Waals surface area contributed by atoms with Crippen LogP contribution in [0.15, 0.2) is 33.8 Å². The highest BCUT2D eigenvalue weighted by atomic mass is 127. The first-order chi connectivity index (χ1) is 13.2. The Balaban J connectivity index is 0.00000280. The molecule has 0 bridgehead atoms. The fourth-order valence-corrected chi connectivity index (χ4v) is 2.87. The summed E-state index contributed by atoms with van der Waals surface area (Å²) in [5, 5.41) is 7.73. The zero-order valence-electron chi connectivity index (χ0n) is 15.6. The minimum atomic E-state index is 0. The van der Waals surface area contributed by atoms with Gasteiger partial charge in [-0.05, 0) is 30.7 Å². The Morgan fingerprint density at radius 1 is 1.25 bits per heavy atom. The molecule has 0 spiro atoms. The number of halogens is 2. The third kappa shape index (κ3) is 7.53. The Kier molecular flexibility index (Phi) is 9.96. The molecule has 28 heavy (non-hydrogen) atoms. The highest BCUT2D eigenvalue weighted by molar-refractivity contribution is 14.0. The lowest BCUT2D eigenvalue weighted by Gasteiger charge is -2.26. The van der Waals surface area contributed by atoms with Crippen LogP contribution < -0.4 is 11.1 Å². The quantitative estimate of drug-likeness (QED) is 0.238. The number of aromatic nitrogens is 2. The predicted molar refractivity (Wildman–Crippen MR) is 120 cm³/mol. The van der Waals surface area contributed by atoms with Gasteiger partial charge >= 0.3 is 0 Å². The van der Waals surface area contributed by atoms with E-state index in [4.69, 9.17) is 26.6 Å². The summed E-state index contributed by atoms with van der Waals surface area (Å²) < 4.78 is 10.6. The Labute approximate surface area is 186 Å². The van der Waals surface area contributed by atoms with Crippen molar-refractivity contribution in [2.75, 3.05) is 45.9 Å². The second-order valence-electron chi connectivity index (χ2n) is 6.27. The van der Waals surface area contributed by atoms with Crippen molar-refractivity contribution in [3.63, 3.8) is 0 Å². The fraction of sp³-hybridized carbons (Fsp3) is 0.500. The molecule has 3 rings (SSSR count). The molecule has 1 aliphatic heterocycles. The molecule has 2 aromatic rings. The lowest BCUT2D eigenvalue weighted by Crippen LogP contribution is -2.37. The Morgan fingerprint density at radius 3 is 2.75 bits per heavy atom. The molecule has 1 aliphatic rings. The molecule has 1 aromatic heterocycles. The standard InChI is InChI=1S/C18H25ClN6O2.HI/c19-15-4-2-14(3-5-15)17-23-16(27-24-17)6-8-22-18(20)21-7-1-9-25-10-12-26-13-11-25;/h2-5H,1,6-13H2,(H3,20,21,22);1H. The molecule has 1 saturated heterocycles. The normalized spacial score (nSPS) is 15.2. The summed E-state index contributed by atoms with van der Waals surface area (Å²) >= 11 is 5.88. The van der Waals surface area contributed by atoms with E-state index in [1.165, 1.54) is 0 Å². The Morgan fingerprint density at radius 2 is 2.00 bits per heavy atom. The van der Waals surface area contributed by atoms with Crippen LogP contribution in [0.5, 0.6) is 0 Å². The summed E-state index contributed by atoms with van der Waals surface area (Å²) in [6.07, 6.45) is 1.56. The third-order valence-electron chi connectivity index (χ3n) is 4.23. The van der Waals surface area contributed by atoms with E-state index >= 15 is 0 Å². The van der Waals surface area contributed by atoms with Crippen LogP contribution in [-0.4, -0.2) is 66.9 Å². The number of hydrogen-bond acceptors (Lipinski definition) is 6. The van der Waals surface area contributed by atoms with E-state index in [-0.39, 0.29) is 24.0 Å². The number of nitrogens with two attached hydrogens (primary N) is 1. The SMILES string of the molecule is I.NC(=NCCCN1CCOCC1)NCCc1nc(-c2ccc(Cl)cc2)no1. The number of benzene rings is 1. The van der Waals surface area contributed by atoms with Crippen molar-refractivity contribution < 1.29 is 9.26 Å². The molecule has 8 nitrogen and oxygen atoms in total. The first-order valence-corrected chi connectivity index (χ1v) is 9.51. The summed E-state index contributed by atoms with van der Waals surface area (Å²) in [6.45, 7) is 5.96.